The molecule has 0 aliphatic heterocycles. The minimum absolute atomic E-state index is 0.251. The Balaban J connectivity index is 1.34. The number of benzene rings is 6. The Morgan fingerprint density at radius 3 is 2.30 bits per heavy atom. The van der Waals surface area contributed by atoms with Gasteiger partial charge in [0.05, 0.1) is 16.7 Å². The highest BCUT2D eigenvalue weighted by atomic mass is 19.1. The Bertz CT molecular complexity index is 2960. The van der Waals surface area contributed by atoms with E-state index in [9.17, 15) is 0 Å². The number of terminal acetylenes is 1. The van der Waals surface area contributed by atoms with Gasteiger partial charge in [-0.2, -0.15) is 0 Å². The van der Waals surface area contributed by atoms with Crippen LogP contribution in [0.2, 0.25) is 0 Å². The minimum atomic E-state index is -0.267. The lowest BCUT2D eigenvalue weighted by molar-refractivity contribution is 0.631. The zero-order valence-corrected chi connectivity index (χ0v) is 32.8. The summed E-state index contributed by atoms with van der Waals surface area (Å²) >= 11 is 0. The SMILES string of the molecule is C#C/C=C\C=C(/C)n1c2ccccc2c2cc(N(c3ccc(-c4ccccc4)c(F)c3)c3cc4c(c5c3CC(/C=C\C=C)=C5C)-c3ccccc3C4(C)C)ccc21. The Hall–Kier alpha value is -6.89. The highest BCUT2D eigenvalue weighted by Gasteiger charge is 2.41. The van der Waals surface area contributed by atoms with Crippen LogP contribution >= 0.6 is 0 Å². The molecule has 2 aliphatic rings. The molecular weight excluding hydrogens is 696 g/mol. The van der Waals surface area contributed by atoms with Gasteiger partial charge in [0, 0.05) is 45.2 Å². The van der Waals surface area contributed by atoms with Crippen molar-refractivity contribution in [3.63, 3.8) is 0 Å². The molecule has 0 fully saturated rings. The Kier molecular flexibility index (Phi) is 8.79. The number of hydrogen-bond acceptors (Lipinski definition) is 1. The highest BCUT2D eigenvalue weighted by molar-refractivity contribution is 6.11. The summed E-state index contributed by atoms with van der Waals surface area (Å²) in [5.41, 5.74) is 17.4. The Morgan fingerprint density at radius 1 is 0.789 bits per heavy atom. The van der Waals surface area contributed by atoms with E-state index in [1.165, 1.54) is 44.5 Å². The quantitative estimate of drug-likeness (QED) is 0.111. The monoisotopic (exact) mass is 738 g/mol. The lowest BCUT2D eigenvalue weighted by Gasteiger charge is -2.31. The second-order valence-electron chi connectivity index (χ2n) is 15.5. The maximum absolute atomic E-state index is 16.6. The van der Waals surface area contributed by atoms with Crippen LogP contribution in [0.3, 0.4) is 0 Å². The van der Waals surface area contributed by atoms with Gasteiger partial charge in [0.25, 0.3) is 0 Å². The molecule has 0 saturated carbocycles. The van der Waals surface area contributed by atoms with Gasteiger partial charge in [-0.1, -0.05) is 123 Å². The van der Waals surface area contributed by atoms with Crippen LogP contribution in [0.15, 0.2) is 170 Å². The molecule has 57 heavy (non-hydrogen) atoms. The summed E-state index contributed by atoms with van der Waals surface area (Å²) < 4.78 is 18.9. The smallest absolute Gasteiger partial charge is 0.133 e. The van der Waals surface area contributed by atoms with Crippen LogP contribution in [0.25, 0.3) is 55.3 Å². The van der Waals surface area contributed by atoms with Crippen molar-refractivity contribution < 1.29 is 4.39 Å². The number of rotatable bonds is 8. The van der Waals surface area contributed by atoms with Gasteiger partial charge >= 0.3 is 0 Å². The van der Waals surface area contributed by atoms with E-state index in [1.54, 1.807) is 12.1 Å². The van der Waals surface area contributed by atoms with Crippen LogP contribution in [0.4, 0.5) is 21.5 Å². The van der Waals surface area contributed by atoms with E-state index in [1.807, 2.05) is 60.7 Å². The molecule has 0 spiro atoms. The van der Waals surface area contributed by atoms with Crippen LogP contribution in [-0.2, 0) is 11.8 Å². The topological polar surface area (TPSA) is 8.17 Å². The van der Waals surface area contributed by atoms with E-state index in [2.05, 4.69) is 135 Å². The number of aromatic nitrogens is 1. The van der Waals surface area contributed by atoms with Crippen molar-refractivity contribution >= 4 is 50.1 Å². The van der Waals surface area contributed by atoms with Crippen LogP contribution in [0.5, 0.6) is 0 Å². The van der Waals surface area contributed by atoms with E-state index < -0.39 is 0 Å². The number of allylic oxidation sites excluding steroid dienone is 9. The fourth-order valence-corrected chi connectivity index (χ4v) is 9.24. The van der Waals surface area contributed by atoms with Gasteiger partial charge in [-0.25, -0.2) is 4.39 Å². The third kappa shape index (κ3) is 5.71. The first-order valence-electron chi connectivity index (χ1n) is 19.5. The maximum Gasteiger partial charge on any atom is 0.133 e. The largest absolute Gasteiger partial charge is 0.313 e. The summed E-state index contributed by atoms with van der Waals surface area (Å²) in [6, 6.07) is 41.8. The minimum Gasteiger partial charge on any atom is -0.313 e. The molecule has 3 heteroatoms. The zero-order chi connectivity index (χ0) is 39.4. The Morgan fingerprint density at radius 2 is 1.51 bits per heavy atom. The van der Waals surface area contributed by atoms with Gasteiger partial charge in [0.2, 0.25) is 0 Å². The second kappa shape index (κ2) is 14.0. The number of nitrogens with zero attached hydrogens (tertiary/aromatic N) is 2. The molecule has 1 heterocycles. The average molecular weight is 739 g/mol. The van der Waals surface area contributed by atoms with Crippen LogP contribution < -0.4 is 4.90 Å². The molecule has 9 rings (SSSR count). The third-order valence-electron chi connectivity index (χ3n) is 11.9. The number of halogens is 1. The first kappa shape index (κ1) is 35.8. The predicted molar refractivity (Wildman–Crippen MR) is 241 cm³/mol. The molecule has 2 nitrogen and oxygen atoms in total. The standard InChI is InChI=1S/C54H43FN2/c1-7-9-12-19-35(3)56-49-26-18-16-23-42(49)44-32-39(28-30-50(44)56)57(40-27-29-41(48(55)33-40)37-21-13-11-14-22-37)51-34-47-53(43-24-15-17-25-46(43)54(47,5)6)52-36(4)38(20-10-8-2)31-45(51)52/h1,8-30,32-34H,2,31H2,3-6H3/b12-9-,20-10-,35-19+. The summed E-state index contributed by atoms with van der Waals surface area (Å²) in [7, 11) is 0. The molecule has 0 bridgehead atoms. The molecule has 1 aromatic heterocycles. The lowest BCUT2D eigenvalue weighted by atomic mass is 9.81. The molecule has 6 aromatic carbocycles. The molecular formula is C54H43FN2. The van der Waals surface area contributed by atoms with Gasteiger partial charge < -0.3 is 9.47 Å². The summed E-state index contributed by atoms with van der Waals surface area (Å²) in [5, 5.41) is 2.25. The summed E-state index contributed by atoms with van der Waals surface area (Å²) in [6.45, 7) is 13.0. The molecule has 2 aliphatic carbocycles. The lowest BCUT2D eigenvalue weighted by Crippen LogP contribution is -2.18. The molecule has 276 valence electrons. The number of fused-ring (bicyclic) bond motifs is 8. The predicted octanol–water partition coefficient (Wildman–Crippen LogP) is 14.5. The normalized spacial score (nSPS) is 14.4. The molecule has 0 atom stereocenters. The molecule has 7 aromatic rings. The fraction of sp³-hybridized carbons (Fsp3) is 0.111. The highest BCUT2D eigenvalue weighted by Crippen LogP contribution is 2.57. The first-order chi connectivity index (χ1) is 27.7. The van der Waals surface area contributed by atoms with E-state index in [4.69, 9.17) is 6.42 Å². The van der Waals surface area contributed by atoms with Gasteiger partial charge in [-0.3, -0.25) is 0 Å². The maximum atomic E-state index is 16.6. The van der Waals surface area contributed by atoms with Gasteiger partial charge in [-0.15, -0.1) is 6.42 Å². The summed E-state index contributed by atoms with van der Waals surface area (Å²) in [4.78, 5) is 2.29. The molecule has 0 unspecified atom stereocenters. The van der Waals surface area contributed by atoms with Gasteiger partial charge in [0.1, 0.15) is 5.82 Å². The van der Waals surface area contributed by atoms with Crippen LogP contribution in [0, 0.1) is 18.2 Å². The van der Waals surface area contributed by atoms with Crippen LogP contribution in [0.1, 0.15) is 49.9 Å². The second-order valence-corrected chi connectivity index (χ2v) is 15.5. The molecule has 0 amide bonds. The van der Waals surface area contributed by atoms with Crippen molar-refractivity contribution in [3.05, 3.63) is 198 Å². The van der Waals surface area contributed by atoms with E-state index in [0.717, 1.165) is 56.5 Å². The average Bonchev–Trinajstić information content (AvgIpc) is 3.82. The van der Waals surface area contributed by atoms with Crippen molar-refractivity contribution in [2.75, 3.05) is 4.90 Å². The van der Waals surface area contributed by atoms with E-state index in [0.29, 0.717) is 5.56 Å². The third-order valence-corrected chi connectivity index (χ3v) is 11.9. The van der Waals surface area contributed by atoms with Gasteiger partial charge in [-0.05, 0) is 125 Å². The van der Waals surface area contributed by atoms with Crippen molar-refractivity contribution in [1.82, 2.24) is 4.57 Å². The van der Waals surface area contributed by atoms with Crippen molar-refractivity contribution in [2.45, 2.75) is 39.5 Å². The van der Waals surface area contributed by atoms with Crippen LogP contribution in [-0.4, -0.2) is 4.57 Å². The summed E-state index contributed by atoms with van der Waals surface area (Å²) in [6.07, 6.45) is 18.0. The Labute approximate surface area is 334 Å². The van der Waals surface area contributed by atoms with E-state index >= 15 is 4.39 Å². The van der Waals surface area contributed by atoms with E-state index in [-0.39, 0.29) is 11.2 Å². The van der Waals surface area contributed by atoms with Crippen molar-refractivity contribution in [2.24, 2.45) is 0 Å². The van der Waals surface area contributed by atoms with Crippen molar-refractivity contribution in [3.8, 4) is 34.6 Å². The number of anilines is 3. The zero-order valence-electron chi connectivity index (χ0n) is 32.8. The first-order valence-corrected chi connectivity index (χ1v) is 19.5. The number of hydrogen-bond donors (Lipinski definition) is 0. The molecule has 0 saturated heterocycles. The molecule has 0 N–H and O–H groups in total. The summed E-state index contributed by atoms with van der Waals surface area (Å²) in [5.74, 6) is 2.32. The number of para-hydroxylation sites is 1. The van der Waals surface area contributed by atoms with Crippen molar-refractivity contribution in [1.29, 1.82) is 0 Å². The van der Waals surface area contributed by atoms with Gasteiger partial charge in [0.15, 0.2) is 0 Å². The molecule has 0 radical (unpaired) electrons. The fourth-order valence-electron chi connectivity index (χ4n) is 9.24.